The number of hydrogen-bond acceptors (Lipinski definition) is 2. The summed E-state index contributed by atoms with van der Waals surface area (Å²) >= 11 is 11.7. The molecule has 0 spiro atoms. The molecule has 0 aliphatic carbocycles. The summed E-state index contributed by atoms with van der Waals surface area (Å²) in [5, 5.41) is 4.27. The molecule has 0 unspecified atom stereocenters. The van der Waals surface area contributed by atoms with Crippen LogP contribution in [0.5, 0.6) is 0 Å². The van der Waals surface area contributed by atoms with Gasteiger partial charge in [0.15, 0.2) is 0 Å². The Labute approximate surface area is 140 Å². The number of nitrogens with zero attached hydrogens (tertiary/aromatic N) is 3. The topological polar surface area (TPSA) is 38.1 Å². The number of likely N-dealkylation sites (N-methyl/N-ethyl adjacent to an activating group) is 1. The fourth-order valence-electron chi connectivity index (χ4n) is 1.95. The molecule has 0 aliphatic heterocycles. The van der Waals surface area contributed by atoms with E-state index in [4.69, 9.17) is 23.2 Å². The molecule has 1 amide bonds. The van der Waals surface area contributed by atoms with E-state index in [0.717, 1.165) is 18.2 Å². The predicted octanol–water partition coefficient (Wildman–Crippen LogP) is 3.95. The number of carbonyl (C=O) groups excluding carboxylic acids is 1. The molecule has 1 heterocycles. The van der Waals surface area contributed by atoms with Gasteiger partial charge in [0.05, 0.1) is 28.4 Å². The second kappa shape index (κ2) is 6.41. The van der Waals surface area contributed by atoms with Crippen LogP contribution in [0.25, 0.3) is 0 Å². The lowest BCUT2D eigenvalue weighted by molar-refractivity contribution is -0.137. The second-order valence-electron chi connectivity index (χ2n) is 4.88. The maximum Gasteiger partial charge on any atom is 0.416 e. The number of carbonyl (C=O) groups is 1. The summed E-state index contributed by atoms with van der Waals surface area (Å²) in [5.41, 5.74) is -0.229. The van der Waals surface area contributed by atoms with E-state index in [9.17, 15) is 18.0 Å². The van der Waals surface area contributed by atoms with Crippen LogP contribution >= 0.6 is 23.2 Å². The predicted molar refractivity (Wildman–Crippen MR) is 81.8 cm³/mol. The summed E-state index contributed by atoms with van der Waals surface area (Å²) in [4.78, 5) is 13.4. The molecule has 0 saturated carbocycles. The summed E-state index contributed by atoms with van der Waals surface area (Å²) in [5.74, 6) is -0.374. The highest BCUT2D eigenvalue weighted by Gasteiger charge is 2.31. The van der Waals surface area contributed by atoms with Crippen molar-refractivity contribution in [2.45, 2.75) is 12.6 Å². The van der Waals surface area contributed by atoms with Gasteiger partial charge in [-0.1, -0.05) is 23.2 Å². The Balaban J connectivity index is 2.19. The molecule has 0 atom stereocenters. The minimum atomic E-state index is -4.49. The van der Waals surface area contributed by atoms with Crippen LogP contribution in [0.2, 0.25) is 10.2 Å². The first kappa shape index (κ1) is 17.6. The standard InChI is InChI=1S/C14H12Cl2F3N3O/c1-21(13(23)7-9-6-12(16)22(2)20-9)11-4-3-8(5-10(11)15)14(17,18)19/h3-6H,7H2,1-2H3. The van der Waals surface area contributed by atoms with Gasteiger partial charge < -0.3 is 4.90 Å². The molecule has 1 aromatic carbocycles. The molecular formula is C14H12Cl2F3N3O. The number of hydrogen-bond donors (Lipinski definition) is 0. The fourth-order valence-corrected chi connectivity index (χ4v) is 2.42. The van der Waals surface area contributed by atoms with Crippen molar-refractivity contribution >= 4 is 34.8 Å². The van der Waals surface area contributed by atoms with E-state index in [2.05, 4.69) is 5.10 Å². The zero-order valence-electron chi connectivity index (χ0n) is 12.2. The van der Waals surface area contributed by atoms with E-state index in [1.165, 1.54) is 16.6 Å². The molecule has 0 N–H and O–H groups in total. The molecule has 0 bridgehead atoms. The van der Waals surface area contributed by atoms with Gasteiger partial charge >= 0.3 is 6.18 Å². The van der Waals surface area contributed by atoms with Crippen molar-refractivity contribution in [1.29, 1.82) is 0 Å². The lowest BCUT2D eigenvalue weighted by Gasteiger charge is -2.19. The monoisotopic (exact) mass is 365 g/mol. The first-order chi connectivity index (χ1) is 10.6. The highest BCUT2D eigenvalue weighted by atomic mass is 35.5. The summed E-state index contributed by atoms with van der Waals surface area (Å²) < 4.78 is 39.3. The van der Waals surface area contributed by atoms with E-state index in [1.807, 2.05) is 0 Å². The molecule has 0 aliphatic rings. The van der Waals surface area contributed by atoms with Gasteiger partial charge in [-0.3, -0.25) is 9.48 Å². The van der Waals surface area contributed by atoms with Gasteiger partial charge in [-0.25, -0.2) is 0 Å². The van der Waals surface area contributed by atoms with Gasteiger partial charge in [-0.15, -0.1) is 0 Å². The molecular weight excluding hydrogens is 354 g/mol. The number of rotatable bonds is 3. The van der Waals surface area contributed by atoms with Crippen LogP contribution in [0.1, 0.15) is 11.3 Å². The summed E-state index contributed by atoms with van der Waals surface area (Å²) in [6, 6.07) is 4.37. The lowest BCUT2D eigenvalue weighted by atomic mass is 10.2. The van der Waals surface area contributed by atoms with Crippen LogP contribution in [-0.2, 0) is 24.4 Å². The van der Waals surface area contributed by atoms with Gasteiger partial charge in [0.1, 0.15) is 5.15 Å². The number of anilines is 1. The Bertz CT molecular complexity index is 724. The maximum absolute atomic E-state index is 12.6. The minimum Gasteiger partial charge on any atom is -0.314 e. The third-order valence-electron chi connectivity index (χ3n) is 3.22. The Morgan fingerprint density at radius 3 is 2.43 bits per heavy atom. The van der Waals surface area contributed by atoms with Gasteiger partial charge in [-0.2, -0.15) is 18.3 Å². The van der Waals surface area contributed by atoms with Gasteiger partial charge in [-0.05, 0) is 24.3 Å². The van der Waals surface area contributed by atoms with Crippen molar-refractivity contribution < 1.29 is 18.0 Å². The summed E-state index contributed by atoms with van der Waals surface area (Å²) in [6.07, 6.45) is -4.54. The van der Waals surface area contributed by atoms with Crippen molar-refractivity contribution in [2.75, 3.05) is 11.9 Å². The average molecular weight is 366 g/mol. The molecule has 2 rings (SSSR count). The van der Waals surface area contributed by atoms with Gasteiger partial charge in [0, 0.05) is 14.1 Å². The molecule has 4 nitrogen and oxygen atoms in total. The molecule has 0 saturated heterocycles. The number of halogens is 5. The molecule has 9 heteroatoms. The molecule has 0 fully saturated rings. The molecule has 0 radical (unpaired) electrons. The quantitative estimate of drug-likeness (QED) is 0.825. The van der Waals surface area contributed by atoms with Crippen molar-refractivity contribution in [2.24, 2.45) is 7.05 Å². The van der Waals surface area contributed by atoms with Gasteiger partial charge in [0.25, 0.3) is 0 Å². The number of aryl methyl sites for hydroxylation is 1. The van der Waals surface area contributed by atoms with E-state index >= 15 is 0 Å². The Kier molecular flexibility index (Phi) is 4.91. The van der Waals surface area contributed by atoms with Crippen LogP contribution in [0.4, 0.5) is 18.9 Å². The molecule has 1 aromatic heterocycles. The number of amides is 1. The third-order valence-corrected chi connectivity index (χ3v) is 3.87. The van der Waals surface area contributed by atoms with Crippen LogP contribution in [-0.4, -0.2) is 22.7 Å². The van der Waals surface area contributed by atoms with Crippen molar-refractivity contribution in [3.63, 3.8) is 0 Å². The van der Waals surface area contributed by atoms with Crippen molar-refractivity contribution in [1.82, 2.24) is 9.78 Å². The Morgan fingerprint density at radius 1 is 1.30 bits per heavy atom. The van der Waals surface area contributed by atoms with Crippen LogP contribution in [0.15, 0.2) is 24.3 Å². The zero-order valence-corrected chi connectivity index (χ0v) is 13.7. The van der Waals surface area contributed by atoms with Crippen LogP contribution in [0, 0.1) is 0 Å². The number of benzene rings is 1. The fraction of sp³-hybridized carbons (Fsp3) is 0.286. The first-order valence-corrected chi connectivity index (χ1v) is 7.17. The molecule has 124 valence electrons. The SMILES string of the molecule is CN(C(=O)Cc1cc(Cl)n(C)n1)c1ccc(C(F)(F)F)cc1Cl. The molecule has 23 heavy (non-hydrogen) atoms. The van der Waals surface area contributed by atoms with Crippen molar-refractivity contribution in [3.8, 4) is 0 Å². The number of aromatic nitrogens is 2. The van der Waals surface area contributed by atoms with E-state index in [0.29, 0.717) is 10.8 Å². The first-order valence-electron chi connectivity index (χ1n) is 6.41. The second-order valence-corrected chi connectivity index (χ2v) is 5.67. The average Bonchev–Trinajstić information content (AvgIpc) is 2.75. The largest absolute Gasteiger partial charge is 0.416 e. The Morgan fingerprint density at radius 2 is 1.96 bits per heavy atom. The third kappa shape index (κ3) is 3.97. The lowest BCUT2D eigenvalue weighted by Crippen LogP contribution is -2.28. The molecule has 2 aromatic rings. The van der Waals surface area contributed by atoms with Gasteiger partial charge in [0.2, 0.25) is 5.91 Å². The van der Waals surface area contributed by atoms with Crippen LogP contribution < -0.4 is 4.90 Å². The highest BCUT2D eigenvalue weighted by molar-refractivity contribution is 6.34. The minimum absolute atomic E-state index is 0.0472. The highest BCUT2D eigenvalue weighted by Crippen LogP contribution is 2.34. The number of alkyl halides is 3. The van der Waals surface area contributed by atoms with E-state index < -0.39 is 11.7 Å². The maximum atomic E-state index is 12.6. The smallest absolute Gasteiger partial charge is 0.314 e. The zero-order chi connectivity index (χ0) is 17.4. The van der Waals surface area contributed by atoms with Crippen molar-refractivity contribution in [3.05, 3.63) is 45.7 Å². The van der Waals surface area contributed by atoms with Crippen LogP contribution in [0.3, 0.4) is 0 Å². The normalized spacial score (nSPS) is 11.6. The summed E-state index contributed by atoms with van der Waals surface area (Å²) in [7, 11) is 3.06. The van der Waals surface area contributed by atoms with E-state index in [1.54, 1.807) is 13.1 Å². The Hall–Kier alpha value is -1.73. The van der Waals surface area contributed by atoms with E-state index in [-0.39, 0.29) is 23.0 Å². The summed E-state index contributed by atoms with van der Waals surface area (Å²) in [6.45, 7) is 0.